The Bertz CT molecular complexity index is 584. The van der Waals surface area contributed by atoms with Crippen LogP contribution >= 0.6 is 11.3 Å². The molecule has 0 saturated carbocycles. The lowest BCUT2D eigenvalue weighted by Crippen LogP contribution is -2.55. The van der Waals surface area contributed by atoms with Crippen molar-refractivity contribution in [3.63, 3.8) is 0 Å². The van der Waals surface area contributed by atoms with Crippen LogP contribution in [0.15, 0.2) is 22.5 Å². The van der Waals surface area contributed by atoms with Crippen molar-refractivity contribution in [2.24, 2.45) is 10.9 Å². The van der Waals surface area contributed by atoms with Crippen LogP contribution in [0.1, 0.15) is 50.8 Å². The van der Waals surface area contributed by atoms with Gasteiger partial charge in [-0.1, -0.05) is 12.5 Å². The highest BCUT2D eigenvalue weighted by Gasteiger charge is 2.28. The summed E-state index contributed by atoms with van der Waals surface area (Å²) in [4.78, 5) is 11.2. The van der Waals surface area contributed by atoms with Gasteiger partial charge in [0.1, 0.15) is 0 Å². The molecular formula is C22H39N5S. The second kappa shape index (κ2) is 10.6. The largest absolute Gasteiger partial charge is 0.356 e. The van der Waals surface area contributed by atoms with Gasteiger partial charge in [0.2, 0.25) is 0 Å². The van der Waals surface area contributed by atoms with Crippen molar-refractivity contribution in [3.05, 3.63) is 22.4 Å². The van der Waals surface area contributed by atoms with E-state index in [9.17, 15) is 0 Å². The molecular weight excluding hydrogens is 366 g/mol. The Morgan fingerprint density at radius 3 is 2.54 bits per heavy atom. The van der Waals surface area contributed by atoms with Crippen molar-refractivity contribution < 1.29 is 0 Å². The Labute approximate surface area is 175 Å². The molecule has 6 heteroatoms. The topological polar surface area (TPSA) is 42.9 Å². The first-order valence-electron chi connectivity index (χ1n) is 11.0. The van der Waals surface area contributed by atoms with Crippen LogP contribution in [0.25, 0.3) is 0 Å². The Hall–Kier alpha value is -1.11. The van der Waals surface area contributed by atoms with Crippen LogP contribution in [-0.2, 0) is 6.54 Å². The smallest absolute Gasteiger partial charge is 0.191 e. The lowest BCUT2D eigenvalue weighted by molar-refractivity contribution is 0.0982. The van der Waals surface area contributed by atoms with Gasteiger partial charge in [-0.25, -0.2) is 0 Å². The zero-order valence-electron chi connectivity index (χ0n) is 18.0. The van der Waals surface area contributed by atoms with E-state index in [-0.39, 0.29) is 5.54 Å². The summed E-state index contributed by atoms with van der Waals surface area (Å²) >= 11 is 1.87. The summed E-state index contributed by atoms with van der Waals surface area (Å²) in [6, 6.07) is 4.40. The molecule has 0 bridgehead atoms. The molecule has 0 aromatic carbocycles. The average Bonchev–Trinajstić information content (AvgIpc) is 3.23. The number of nitrogens with zero attached hydrogens (tertiary/aromatic N) is 3. The van der Waals surface area contributed by atoms with Crippen LogP contribution in [-0.4, -0.2) is 67.6 Å². The van der Waals surface area contributed by atoms with Gasteiger partial charge in [0.15, 0.2) is 5.96 Å². The van der Waals surface area contributed by atoms with Crippen molar-refractivity contribution >= 4 is 17.3 Å². The fourth-order valence-electron chi connectivity index (χ4n) is 4.34. The Morgan fingerprint density at radius 2 is 1.89 bits per heavy atom. The lowest BCUT2D eigenvalue weighted by atomic mass is 9.97. The summed E-state index contributed by atoms with van der Waals surface area (Å²) in [7, 11) is 1.88. The third-order valence-corrected chi connectivity index (χ3v) is 7.21. The van der Waals surface area contributed by atoms with E-state index in [1.54, 1.807) is 0 Å². The number of rotatable bonds is 7. The highest BCUT2D eigenvalue weighted by molar-refractivity contribution is 7.09. The van der Waals surface area contributed by atoms with E-state index in [0.717, 1.165) is 31.5 Å². The van der Waals surface area contributed by atoms with Crippen LogP contribution in [0.2, 0.25) is 0 Å². The molecule has 2 aliphatic rings. The first kappa shape index (κ1) is 21.6. The maximum Gasteiger partial charge on any atom is 0.191 e. The van der Waals surface area contributed by atoms with Gasteiger partial charge in [-0.3, -0.25) is 14.8 Å². The SMILES string of the molecule is CN=C(NCC1CCN(Cc2cccs2)CC1)NCC(C)(C)N1CCCCC1. The molecule has 0 aliphatic carbocycles. The van der Waals surface area contributed by atoms with Gasteiger partial charge >= 0.3 is 0 Å². The van der Waals surface area contributed by atoms with Crippen LogP contribution in [0.3, 0.4) is 0 Å². The van der Waals surface area contributed by atoms with Crippen molar-refractivity contribution in [1.82, 2.24) is 20.4 Å². The number of guanidine groups is 1. The molecule has 3 heterocycles. The number of thiophene rings is 1. The monoisotopic (exact) mass is 405 g/mol. The number of hydrogen-bond donors (Lipinski definition) is 2. The highest BCUT2D eigenvalue weighted by atomic mass is 32.1. The van der Waals surface area contributed by atoms with Gasteiger partial charge in [-0.05, 0) is 83.1 Å². The molecule has 3 rings (SSSR count). The lowest BCUT2D eigenvalue weighted by Gasteiger charge is -2.41. The van der Waals surface area contributed by atoms with E-state index < -0.39 is 0 Å². The summed E-state index contributed by atoms with van der Waals surface area (Å²) in [6.45, 7) is 12.6. The van der Waals surface area contributed by atoms with Gasteiger partial charge in [0.25, 0.3) is 0 Å². The van der Waals surface area contributed by atoms with Gasteiger partial charge in [0.05, 0.1) is 0 Å². The Kier molecular flexibility index (Phi) is 8.18. The van der Waals surface area contributed by atoms with Crippen molar-refractivity contribution in [1.29, 1.82) is 0 Å². The van der Waals surface area contributed by atoms with Crippen molar-refractivity contribution in [3.8, 4) is 0 Å². The summed E-state index contributed by atoms with van der Waals surface area (Å²) in [5, 5.41) is 9.33. The summed E-state index contributed by atoms with van der Waals surface area (Å²) < 4.78 is 0. The quantitative estimate of drug-likeness (QED) is 0.539. The molecule has 2 saturated heterocycles. The molecule has 2 aliphatic heterocycles. The second-order valence-corrected chi connectivity index (χ2v) is 10.00. The molecule has 0 amide bonds. The van der Waals surface area contributed by atoms with Crippen LogP contribution in [0, 0.1) is 5.92 Å². The molecule has 28 heavy (non-hydrogen) atoms. The fourth-order valence-corrected chi connectivity index (χ4v) is 5.09. The van der Waals surface area contributed by atoms with Crippen molar-refractivity contribution in [2.75, 3.05) is 46.3 Å². The minimum absolute atomic E-state index is 0.172. The number of aliphatic imine (C=N–C) groups is 1. The molecule has 2 N–H and O–H groups in total. The predicted molar refractivity (Wildman–Crippen MR) is 121 cm³/mol. The molecule has 2 fully saturated rings. The van der Waals surface area contributed by atoms with Gasteiger partial charge in [0, 0.05) is 37.1 Å². The summed E-state index contributed by atoms with van der Waals surface area (Å²) in [5.74, 6) is 1.69. The highest BCUT2D eigenvalue weighted by Crippen LogP contribution is 2.21. The number of piperidine rings is 2. The minimum Gasteiger partial charge on any atom is -0.356 e. The van der Waals surface area contributed by atoms with E-state index in [4.69, 9.17) is 0 Å². The molecule has 0 spiro atoms. The van der Waals surface area contributed by atoms with Crippen molar-refractivity contribution in [2.45, 2.75) is 58.0 Å². The number of likely N-dealkylation sites (tertiary alicyclic amines) is 2. The Balaban J connectivity index is 1.35. The number of hydrogen-bond acceptors (Lipinski definition) is 4. The summed E-state index contributed by atoms with van der Waals surface area (Å²) in [6.07, 6.45) is 6.60. The average molecular weight is 406 g/mol. The predicted octanol–water partition coefficient (Wildman–Crippen LogP) is 3.39. The molecule has 0 unspecified atom stereocenters. The third-order valence-electron chi connectivity index (χ3n) is 6.35. The summed E-state index contributed by atoms with van der Waals surface area (Å²) in [5.41, 5.74) is 0.172. The molecule has 1 aromatic rings. The maximum atomic E-state index is 4.45. The molecule has 0 atom stereocenters. The van der Waals surface area contributed by atoms with Gasteiger partial charge in [-0.15, -0.1) is 11.3 Å². The molecule has 5 nitrogen and oxygen atoms in total. The maximum absolute atomic E-state index is 4.45. The zero-order valence-corrected chi connectivity index (χ0v) is 18.9. The molecule has 1 aromatic heterocycles. The van der Waals surface area contributed by atoms with Gasteiger partial charge < -0.3 is 10.6 Å². The first-order valence-corrected chi connectivity index (χ1v) is 11.9. The Morgan fingerprint density at radius 1 is 1.14 bits per heavy atom. The van der Waals surface area contributed by atoms with Crippen LogP contribution in [0.5, 0.6) is 0 Å². The number of nitrogens with one attached hydrogen (secondary N) is 2. The van der Waals surface area contributed by atoms with E-state index in [0.29, 0.717) is 0 Å². The van der Waals surface area contributed by atoms with Crippen LogP contribution < -0.4 is 10.6 Å². The van der Waals surface area contributed by atoms with E-state index in [2.05, 4.69) is 56.8 Å². The first-order chi connectivity index (χ1) is 13.6. The third kappa shape index (κ3) is 6.46. The zero-order chi connectivity index (χ0) is 19.8. The standard InChI is InChI=1S/C22H39N5S/c1-22(2,27-11-5-4-6-12-27)18-25-21(23-3)24-16-19-9-13-26(14-10-19)17-20-8-7-15-28-20/h7-8,15,19H,4-6,9-14,16-18H2,1-3H3,(H2,23,24,25). The minimum atomic E-state index is 0.172. The van der Waals surface area contributed by atoms with Gasteiger partial charge in [-0.2, -0.15) is 0 Å². The van der Waals surface area contributed by atoms with E-state index in [1.807, 2.05) is 18.4 Å². The van der Waals surface area contributed by atoms with E-state index in [1.165, 1.54) is 63.2 Å². The molecule has 0 radical (unpaired) electrons. The second-order valence-electron chi connectivity index (χ2n) is 8.97. The fraction of sp³-hybridized carbons (Fsp3) is 0.773. The van der Waals surface area contributed by atoms with E-state index >= 15 is 0 Å². The normalized spacial score (nSPS) is 21.0. The van der Waals surface area contributed by atoms with Crippen LogP contribution in [0.4, 0.5) is 0 Å². The molecule has 158 valence electrons.